The summed E-state index contributed by atoms with van der Waals surface area (Å²) in [6, 6.07) is 12.8. The lowest BCUT2D eigenvalue weighted by Crippen LogP contribution is -2.15. The molecule has 0 saturated heterocycles. The Balaban J connectivity index is 1.69. The van der Waals surface area contributed by atoms with E-state index in [1.165, 1.54) is 11.8 Å². The van der Waals surface area contributed by atoms with E-state index in [0.717, 1.165) is 15.9 Å². The standard InChI is InChI=1S/C18H15BrCl2N4OS/c1-2-25-17(11-3-5-12(19)6-4-11)23-24-18(25)27-10-16(26)22-15-8-7-13(20)9-14(15)21/h3-9H,2,10H2,1H3,(H,22,26). The summed E-state index contributed by atoms with van der Waals surface area (Å²) in [6.07, 6.45) is 0. The highest BCUT2D eigenvalue weighted by molar-refractivity contribution is 9.10. The zero-order valence-electron chi connectivity index (χ0n) is 14.2. The van der Waals surface area contributed by atoms with E-state index in [2.05, 4.69) is 31.4 Å². The van der Waals surface area contributed by atoms with E-state index in [9.17, 15) is 4.79 Å². The van der Waals surface area contributed by atoms with Crippen LogP contribution in [0.1, 0.15) is 6.92 Å². The minimum absolute atomic E-state index is 0.180. The van der Waals surface area contributed by atoms with E-state index in [4.69, 9.17) is 23.2 Å². The van der Waals surface area contributed by atoms with Gasteiger partial charge in [0.15, 0.2) is 11.0 Å². The monoisotopic (exact) mass is 484 g/mol. The largest absolute Gasteiger partial charge is 0.324 e. The average molecular weight is 486 g/mol. The van der Waals surface area contributed by atoms with Gasteiger partial charge in [-0.2, -0.15) is 0 Å². The quantitative estimate of drug-likeness (QED) is 0.450. The molecule has 0 aliphatic rings. The summed E-state index contributed by atoms with van der Waals surface area (Å²) in [5.41, 5.74) is 1.50. The number of hydrogen-bond donors (Lipinski definition) is 1. The van der Waals surface area contributed by atoms with Gasteiger partial charge in [-0.25, -0.2) is 0 Å². The van der Waals surface area contributed by atoms with Gasteiger partial charge in [0.1, 0.15) is 0 Å². The van der Waals surface area contributed by atoms with Crippen LogP contribution in [0.15, 0.2) is 52.1 Å². The highest BCUT2D eigenvalue weighted by atomic mass is 79.9. The second-order valence-electron chi connectivity index (χ2n) is 5.52. The maximum atomic E-state index is 12.3. The summed E-state index contributed by atoms with van der Waals surface area (Å²) in [5.74, 6) is 0.783. The van der Waals surface area contributed by atoms with Crippen LogP contribution in [0.3, 0.4) is 0 Å². The van der Waals surface area contributed by atoms with E-state index >= 15 is 0 Å². The number of nitrogens with zero attached hydrogens (tertiary/aromatic N) is 3. The van der Waals surface area contributed by atoms with Crippen molar-refractivity contribution in [2.75, 3.05) is 11.1 Å². The van der Waals surface area contributed by atoms with Gasteiger partial charge in [-0.1, -0.05) is 63.0 Å². The van der Waals surface area contributed by atoms with Gasteiger partial charge in [0, 0.05) is 21.6 Å². The Bertz CT molecular complexity index is 962. The molecule has 1 N–H and O–H groups in total. The van der Waals surface area contributed by atoms with Crippen molar-refractivity contribution < 1.29 is 4.79 Å². The molecular weight excluding hydrogens is 471 g/mol. The summed E-state index contributed by atoms with van der Waals surface area (Å²) >= 11 is 16.7. The third-order valence-electron chi connectivity index (χ3n) is 3.67. The number of thioether (sulfide) groups is 1. The third kappa shape index (κ3) is 5.04. The lowest BCUT2D eigenvalue weighted by Gasteiger charge is -2.09. The first-order chi connectivity index (χ1) is 13.0. The number of nitrogens with one attached hydrogen (secondary N) is 1. The van der Waals surface area contributed by atoms with E-state index in [1.54, 1.807) is 18.2 Å². The molecule has 1 amide bonds. The van der Waals surface area contributed by atoms with Crippen LogP contribution in [-0.4, -0.2) is 26.4 Å². The van der Waals surface area contributed by atoms with Crippen LogP contribution in [0, 0.1) is 0 Å². The zero-order chi connectivity index (χ0) is 19.4. The predicted octanol–water partition coefficient (Wildman–Crippen LogP) is 5.77. The molecule has 0 aliphatic heterocycles. The van der Waals surface area contributed by atoms with Gasteiger partial charge in [-0.3, -0.25) is 4.79 Å². The van der Waals surface area contributed by atoms with Crippen molar-refractivity contribution in [2.24, 2.45) is 0 Å². The maximum Gasteiger partial charge on any atom is 0.234 e. The summed E-state index contributed by atoms with van der Waals surface area (Å²) in [7, 11) is 0. The lowest BCUT2D eigenvalue weighted by atomic mass is 10.2. The number of amides is 1. The van der Waals surface area contributed by atoms with Gasteiger partial charge in [0.2, 0.25) is 5.91 Å². The van der Waals surface area contributed by atoms with Crippen molar-refractivity contribution in [1.29, 1.82) is 0 Å². The summed E-state index contributed by atoms with van der Waals surface area (Å²) in [4.78, 5) is 12.3. The normalized spacial score (nSPS) is 10.8. The summed E-state index contributed by atoms with van der Waals surface area (Å²) in [5, 5.41) is 12.9. The first-order valence-electron chi connectivity index (χ1n) is 8.04. The molecule has 3 rings (SSSR count). The van der Waals surface area contributed by atoms with Gasteiger partial charge in [-0.15, -0.1) is 10.2 Å². The van der Waals surface area contributed by atoms with E-state index in [1.807, 2.05) is 35.8 Å². The SMILES string of the molecule is CCn1c(SCC(=O)Nc2ccc(Cl)cc2Cl)nnc1-c1ccc(Br)cc1. The molecule has 0 spiro atoms. The first kappa shape index (κ1) is 20.2. The first-order valence-corrected chi connectivity index (χ1v) is 10.6. The molecule has 0 fully saturated rings. The van der Waals surface area contributed by atoms with Crippen LogP contribution in [0.25, 0.3) is 11.4 Å². The van der Waals surface area contributed by atoms with E-state index in [-0.39, 0.29) is 11.7 Å². The summed E-state index contributed by atoms with van der Waals surface area (Å²) in [6.45, 7) is 2.72. The second kappa shape index (κ2) is 9.10. The van der Waals surface area contributed by atoms with Crippen LogP contribution < -0.4 is 5.32 Å². The molecule has 0 unspecified atom stereocenters. The van der Waals surface area contributed by atoms with Crippen molar-refractivity contribution in [3.63, 3.8) is 0 Å². The Morgan fingerprint density at radius 3 is 2.59 bits per heavy atom. The number of hydrogen-bond acceptors (Lipinski definition) is 4. The molecule has 0 atom stereocenters. The Morgan fingerprint density at radius 1 is 1.19 bits per heavy atom. The van der Waals surface area contributed by atoms with Gasteiger partial charge >= 0.3 is 0 Å². The van der Waals surface area contributed by atoms with Crippen LogP contribution in [0.4, 0.5) is 5.69 Å². The molecule has 1 aromatic heterocycles. The van der Waals surface area contributed by atoms with Crippen molar-refractivity contribution in [1.82, 2.24) is 14.8 Å². The van der Waals surface area contributed by atoms with Crippen molar-refractivity contribution >= 4 is 62.5 Å². The van der Waals surface area contributed by atoms with Gasteiger partial charge in [0.25, 0.3) is 0 Å². The highest BCUT2D eigenvalue weighted by Gasteiger charge is 2.15. The van der Waals surface area contributed by atoms with Crippen LogP contribution in [0.5, 0.6) is 0 Å². The fourth-order valence-electron chi connectivity index (χ4n) is 2.40. The Labute approximate surface area is 179 Å². The van der Waals surface area contributed by atoms with Crippen molar-refractivity contribution in [3.8, 4) is 11.4 Å². The zero-order valence-corrected chi connectivity index (χ0v) is 18.2. The third-order valence-corrected chi connectivity index (χ3v) is 5.72. The van der Waals surface area contributed by atoms with Crippen molar-refractivity contribution in [3.05, 3.63) is 57.0 Å². The molecule has 0 radical (unpaired) electrons. The molecule has 3 aromatic rings. The number of anilines is 1. The Morgan fingerprint density at radius 2 is 1.93 bits per heavy atom. The summed E-state index contributed by atoms with van der Waals surface area (Å²) < 4.78 is 2.98. The van der Waals surface area contributed by atoms with Crippen molar-refractivity contribution in [2.45, 2.75) is 18.6 Å². The number of aromatic nitrogens is 3. The number of halogens is 3. The van der Waals surface area contributed by atoms with Crippen LogP contribution in [-0.2, 0) is 11.3 Å². The Hall–Kier alpha value is -1.54. The van der Waals surface area contributed by atoms with Crippen LogP contribution >= 0.6 is 50.9 Å². The molecule has 5 nitrogen and oxygen atoms in total. The predicted molar refractivity (Wildman–Crippen MR) is 115 cm³/mol. The number of benzene rings is 2. The molecular formula is C18H15BrCl2N4OS. The molecule has 9 heteroatoms. The van der Waals surface area contributed by atoms with Crippen LogP contribution in [0.2, 0.25) is 10.0 Å². The molecule has 27 heavy (non-hydrogen) atoms. The topological polar surface area (TPSA) is 59.8 Å². The molecule has 0 aliphatic carbocycles. The maximum absolute atomic E-state index is 12.3. The van der Waals surface area contributed by atoms with E-state index in [0.29, 0.717) is 27.4 Å². The minimum atomic E-state index is -0.180. The molecule has 2 aromatic carbocycles. The van der Waals surface area contributed by atoms with Gasteiger partial charge < -0.3 is 9.88 Å². The highest BCUT2D eigenvalue weighted by Crippen LogP contribution is 2.27. The second-order valence-corrected chi connectivity index (χ2v) is 8.22. The molecule has 1 heterocycles. The fourth-order valence-corrected chi connectivity index (χ4v) is 3.92. The average Bonchev–Trinajstić information content (AvgIpc) is 3.06. The number of rotatable bonds is 6. The van der Waals surface area contributed by atoms with Gasteiger partial charge in [0.05, 0.1) is 16.5 Å². The smallest absolute Gasteiger partial charge is 0.234 e. The lowest BCUT2D eigenvalue weighted by molar-refractivity contribution is -0.113. The number of carbonyl (C=O) groups excluding carboxylic acids is 1. The van der Waals surface area contributed by atoms with E-state index < -0.39 is 0 Å². The number of carbonyl (C=O) groups is 1. The molecule has 0 saturated carbocycles. The molecule has 0 bridgehead atoms. The fraction of sp³-hybridized carbons (Fsp3) is 0.167. The minimum Gasteiger partial charge on any atom is -0.324 e. The van der Waals surface area contributed by atoms with Gasteiger partial charge in [-0.05, 0) is 37.3 Å². The molecule has 140 valence electrons. The Kier molecular flexibility index (Phi) is 6.81.